The largest absolute Gasteiger partial charge is 0.480 e. The second-order valence-electron chi connectivity index (χ2n) is 5.25. The van der Waals surface area contributed by atoms with Crippen LogP contribution in [0.4, 0.5) is 4.39 Å². The summed E-state index contributed by atoms with van der Waals surface area (Å²) < 4.78 is 12.9. The van der Waals surface area contributed by atoms with Gasteiger partial charge in [0.15, 0.2) is 0 Å². The van der Waals surface area contributed by atoms with Crippen molar-refractivity contribution in [1.29, 1.82) is 0 Å². The lowest BCUT2D eigenvalue weighted by molar-refractivity contribution is -0.145. The lowest BCUT2D eigenvalue weighted by Crippen LogP contribution is -2.46. The molecule has 19 heavy (non-hydrogen) atoms. The number of aliphatic carboxylic acids is 1. The van der Waals surface area contributed by atoms with E-state index < -0.39 is 12.0 Å². The van der Waals surface area contributed by atoms with Gasteiger partial charge in [-0.15, -0.1) is 0 Å². The molecular formula is C15H20FNO2. The molecule has 1 N–H and O–H groups in total. The minimum Gasteiger partial charge on any atom is -0.480 e. The SMILES string of the molecule is CCC1CCN(Cc2ccc(F)cc2)C(C(=O)O)C1. The third-order valence-electron chi connectivity index (χ3n) is 3.98. The number of carboxylic acids is 1. The summed E-state index contributed by atoms with van der Waals surface area (Å²) in [7, 11) is 0. The van der Waals surface area contributed by atoms with Gasteiger partial charge in [-0.3, -0.25) is 9.69 Å². The fraction of sp³-hybridized carbons (Fsp3) is 0.533. The first kappa shape index (κ1) is 14.0. The highest BCUT2D eigenvalue weighted by Crippen LogP contribution is 2.26. The lowest BCUT2D eigenvalue weighted by atomic mass is 9.88. The number of rotatable bonds is 4. The van der Waals surface area contributed by atoms with Crippen molar-refractivity contribution in [3.8, 4) is 0 Å². The zero-order chi connectivity index (χ0) is 13.8. The Morgan fingerprint density at radius 3 is 2.68 bits per heavy atom. The van der Waals surface area contributed by atoms with Crippen molar-refractivity contribution in [2.75, 3.05) is 6.54 Å². The van der Waals surface area contributed by atoms with Gasteiger partial charge in [0.1, 0.15) is 11.9 Å². The number of carbonyl (C=O) groups is 1. The van der Waals surface area contributed by atoms with E-state index in [1.807, 2.05) is 4.90 Å². The van der Waals surface area contributed by atoms with Gasteiger partial charge in [-0.25, -0.2) is 4.39 Å². The average molecular weight is 265 g/mol. The molecule has 1 aromatic rings. The molecular weight excluding hydrogens is 245 g/mol. The molecule has 1 saturated heterocycles. The van der Waals surface area contributed by atoms with Crippen molar-refractivity contribution >= 4 is 5.97 Å². The van der Waals surface area contributed by atoms with Gasteiger partial charge in [-0.1, -0.05) is 25.5 Å². The van der Waals surface area contributed by atoms with Gasteiger partial charge in [0.05, 0.1) is 0 Å². The molecule has 1 aliphatic rings. The number of hydrogen-bond donors (Lipinski definition) is 1. The summed E-state index contributed by atoms with van der Waals surface area (Å²) >= 11 is 0. The van der Waals surface area contributed by atoms with Crippen molar-refractivity contribution in [2.45, 2.75) is 38.8 Å². The second-order valence-corrected chi connectivity index (χ2v) is 5.25. The van der Waals surface area contributed by atoms with E-state index in [2.05, 4.69) is 6.92 Å². The van der Waals surface area contributed by atoms with Gasteiger partial charge in [-0.2, -0.15) is 0 Å². The number of halogens is 1. The minimum absolute atomic E-state index is 0.261. The molecule has 2 unspecified atom stereocenters. The van der Waals surface area contributed by atoms with Gasteiger partial charge in [0.25, 0.3) is 0 Å². The Balaban J connectivity index is 2.05. The molecule has 0 spiro atoms. The Hall–Kier alpha value is -1.42. The van der Waals surface area contributed by atoms with Crippen molar-refractivity contribution in [3.05, 3.63) is 35.6 Å². The van der Waals surface area contributed by atoms with Crippen LogP contribution in [0.15, 0.2) is 24.3 Å². The number of likely N-dealkylation sites (tertiary alicyclic amines) is 1. The first-order valence-electron chi connectivity index (χ1n) is 6.81. The van der Waals surface area contributed by atoms with E-state index >= 15 is 0 Å². The summed E-state index contributed by atoms with van der Waals surface area (Å²) in [6, 6.07) is 5.87. The van der Waals surface area contributed by atoms with Crippen LogP contribution in [0.5, 0.6) is 0 Å². The van der Waals surface area contributed by atoms with Gasteiger partial charge >= 0.3 is 5.97 Å². The fourth-order valence-corrected chi connectivity index (χ4v) is 2.73. The summed E-state index contributed by atoms with van der Waals surface area (Å²) in [5, 5.41) is 9.34. The van der Waals surface area contributed by atoms with Crippen molar-refractivity contribution in [2.24, 2.45) is 5.92 Å². The molecule has 2 rings (SSSR count). The third kappa shape index (κ3) is 3.53. The molecule has 0 bridgehead atoms. The fourth-order valence-electron chi connectivity index (χ4n) is 2.73. The van der Waals surface area contributed by atoms with Crippen LogP contribution >= 0.6 is 0 Å². The van der Waals surface area contributed by atoms with Crippen LogP contribution < -0.4 is 0 Å². The molecule has 104 valence electrons. The molecule has 0 radical (unpaired) electrons. The number of piperidine rings is 1. The van der Waals surface area contributed by atoms with Crippen LogP contribution in [0.2, 0.25) is 0 Å². The monoisotopic (exact) mass is 265 g/mol. The van der Waals surface area contributed by atoms with E-state index in [1.165, 1.54) is 12.1 Å². The van der Waals surface area contributed by atoms with E-state index in [9.17, 15) is 14.3 Å². The molecule has 0 aliphatic carbocycles. The summed E-state index contributed by atoms with van der Waals surface area (Å²) in [6.45, 7) is 3.49. The van der Waals surface area contributed by atoms with Gasteiger partial charge in [0, 0.05) is 6.54 Å². The highest BCUT2D eigenvalue weighted by molar-refractivity contribution is 5.73. The molecule has 4 heteroatoms. The predicted octanol–water partition coefficient (Wildman–Crippen LogP) is 2.90. The molecule has 1 aromatic carbocycles. The molecule has 1 aliphatic heterocycles. The normalized spacial score (nSPS) is 24.3. The van der Waals surface area contributed by atoms with Gasteiger partial charge in [-0.05, 0) is 43.0 Å². The predicted molar refractivity (Wildman–Crippen MR) is 71.2 cm³/mol. The maximum atomic E-state index is 12.9. The van der Waals surface area contributed by atoms with Crippen molar-refractivity contribution in [3.63, 3.8) is 0 Å². The van der Waals surface area contributed by atoms with E-state index in [4.69, 9.17) is 0 Å². The quantitative estimate of drug-likeness (QED) is 0.910. The Kier molecular flexibility index (Phi) is 4.53. The highest BCUT2D eigenvalue weighted by Gasteiger charge is 2.32. The maximum absolute atomic E-state index is 12.9. The first-order valence-corrected chi connectivity index (χ1v) is 6.81. The molecule has 0 aromatic heterocycles. The summed E-state index contributed by atoms with van der Waals surface area (Å²) in [4.78, 5) is 13.4. The van der Waals surface area contributed by atoms with Crippen LogP contribution in [0.3, 0.4) is 0 Å². The third-order valence-corrected chi connectivity index (χ3v) is 3.98. The Morgan fingerprint density at radius 1 is 1.42 bits per heavy atom. The van der Waals surface area contributed by atoms with Gasteiger partial charge in [0.2, 0.25) is 0 Å². The molecule has 1 heterocycles. The molecule has 1 fully saturated rings. The van der Waals surface area contributed by atoms with E-state index in [1.54, 1.807) is 12.1 Å². The van der Waals surface area contributed by atoms with E-state index in [0.29, 0.717) is 18.9 Å². The van der Waals surface area contributed by atoms with Crippen LogP contribution in [0.25, 0.3) is 0 Å². The van der Waals surface area contributed by atoms with E-state index in [0.717, 1.165) is 24.9 Å². The maximum Gasteiger partial charge on any atom is 0.320 e. The Bertz CT molecular complexity index is 432. The molecule has 0 saturated carbocycles. The summed E-state index contributed by atoms with van der Waals surface area (Å²) in [6.07, 6.45) is 2.79. The zero-order valence-electron chi connectivity index (χ0n) is 11.2. The topological polar surface area (TPSA) is 40.5 Å². The highest BCUT2D eigenvalue weighted by atomic mass is 19.1. The number of carboxylic acid groups (broad SMARTS) is 1. The average Bonchev–Trinajstić information content (AvgIpc) is 2.41. The van der Waals surface area contributed by atoms with Crippen LogP contribution in [0, 0.1) is 11.7 Å². The minimum atomic E-state index is -0.750. The van der Waals surface area contributed by atoms with Crippen molar-refractivity contribution in [1.82, 2.24) is 4.90 Å². The number of hydrogen-bond acceptors (Lipinski definition) is 2. The Labute approximate surface area is 113 Å². The van der Waals surface area contributed by atoms with Crippen LogP contribution in [-0.4, -0.2) is 28.6 Å². The molecule has 0 amide bonds. The smallest absolute Gasteiger partial charge is 0.320 e. The number of benzene rings is 1. The lowest BCUT2D eigenvalue weighted by Gasteiger charge is -2.36. The number of nitrogens with zero attached hydrogens (tertiary/aromatic N) is 1. The van der Waals surface area contributed by atoms with Crippen LogP contribution in [0.1, 0.15) is 31.7 Å². The standard InChI is InChI=1S/C15H20FNO2/c1-2-11-7-8-17(14(9-11)15(18)19)10-12-3-5-13(16)6-4-12/h3-6,11,14H,2,7-10H2,1H3,(H,18,19). The van der Waals surface area contributed by atoms with Gasteiger partial charge < -0.3 is 5.11 Å². The Morgan fingerprint density at radius 2 is 2.11 bits per heavy atom. The summed E-state index contributed by atoms with van der Waals surface area (Å²) in [5.74, 6) is -0.506. The summed E-state index contributed by atoms with van der Waals surface area (Å²) in [5.41, 5.74) is 0.961. The van der Waals surface area contributed by atoms with Crippen molar-refractivity contribution < 1.29 is 14.3 Å². The van der Waals surface area contributed by atoms with E-state index in [-0.39, 0.29) is 5.82 Å². The first-order chi connectivity index (χ1) is 9.10. The van der Waals surface area contributed by atoms with Crippen LogP contribution in [-0.2, 0) is 11.3 Å². The molecule has 2 atom stereocenters. The zero-order valence-corrected chi connectivity index (χ0v) is 11.2. The molecule has 3 nitrogen and oxygen atoms in total. The second kappa shape index (κ2) is 6.15.